The van der Waals surface area contributed by atoms with Crippen LogP contribution in [-0.4, -0.2) is 84.0 Å². The van der Waals surface area contributed by atoms with Crippen LogP contribution in [0.2, 0.25) is 0 Å². The summed E-state index contributed by atoms with van der Waals surface area (Å²) < 4.78 is 5.22. The molecule has 1 aromatic carbocycles. The van der Waals surface area contributed by atoms with E-state index in [9.17, 15) is 24.2 Å². The Morgan fingerprint density at radius 2 is 2.07 bits per heavy atom. The van der Waals surface area contributed by atoms with Crippen molar-refractivity contribution in [2.75, 3.05) is 33.2 Å². The lowest BCUT2D eigenvalue weighted by Crippen LogP contribution is -2.52. The molecule has 2 heterocycles. The van der Waals surface area contributed by atoms with Crippen LogP contribution in [0.25, 0.3) is 0 Å². The Morgan fingerprint density at radius 3 is 2.75 bits per heavy atom. The smallest absolute Gasteiger partial charge is 0.481 e. The number of carboxylic acids is 1. The molecule has 1 saturated heterocycles. The second kappa shape index (κ2) is 7.99. The molecule has 2 aliphatic heterocycles. The molecule has 11 heteroatoms. The van der Waals surface area contributed by atoms with Gasteiger partial charge in [0.2, 0.25) is 11.8 Å². The number of hydrogen-bond acceptors (Lipinski definition) is 6. The highest BCUT2D eigenvalue weighted by Crippen LogP contribution is 2.27. The van der Waals surface area contributed by atoms with Crippen molar-refractivity contribution in [2.45, 2.75) is 12.5 Å². The number of rotatable bonds is 5. The summed E-state index contributed by atoms with van der Waals surface area (Å²) in [6, 6.07) is 4.43. The van der Waals surface area contributed by atoms with Crippen LogP contribution >= 0.6 is 0 Å². The van der Waals surface area contributed by atoms with Crippen LogP contribution < -0.4 is 10.8 Å². The average molecular weight is 389 g/mol. The molecule has 0 saturated carbocycles. The van der Waals surface area contributed by atoms with Crippen LogP contribution in [0.15, 0.2) is 18.2 Å². The van der Waals surface area contributed by atoms with Gasteiger partial charge in [0.25, 0.3) is 5.91 Å². The number of nitrogens with zero attached hydrogens (tertiary/aromatic N) is 2. The fourth-order valence-corrected chi connectivity index (χ4v) is 3.18. The monoisotopic (exact) mass is 389 g/mol. The SMILES string of the molecule is CN1CCN(C(=O)CNC(=O)c2ccc3c(c2)B(O)OC3CC(=O)O)CC1=O. The normalized spacial score (nSPS) is 18.9. The van der Waals surface area contributed by atoms with Gasteiger partial charge in [-0.1, -0.05) is 6.07 Å². The summed E-state index contributed by atoms with van der Waals surface area (Å²) in [5, 5.41) is 21.4. The number of amides is 3. The quantitative estimate of drug-likeness (QED) is 0.493. The van der Waals surface area contributed by atoms with Crippen molar-refractivity contribution < 1.29 is 34.0 Å². The average Bonchev–Trinajstić information content (AvgIpc) is 2.96. The maximum Gasteiger partial charge on any atom is 0.492 e. The molecule has 1 atom stereocenters. The lowest BCUT2D eigenvalue weighted by Gasteiger charge is -2.32. The van der Waals surface area contributed by atoms with Gasteiger partial charge in [0.1, 0.15) is 0 Å². The highest BCUT2D eigenvalue weighted by atomic mass is 16.5. The van der Waals surface area contributed by atoms with Crippen LogP contribution in [0.3, 0.4) is 0 Å². The Labute approximate surface area is 161 Å². The predicted octanol–water partition coefficient (Wildman–Crippen LogP) is -2.05. The third-order valence-electron chi connectivity index (χ3n) is 4.83. The van der Waals surface area contributed by atoms with Crippen molar-refractivity contribution in [3.63, 3.8) is 0 Å². The minimum atomic E-state index is -1.31. The summed E-state index contributed by atoms with van der Waals surface area (Å²) in [4.78, 5) is 50.0. The maximum absolute atomic E-state index is 12.3. The zero-order valence-electron chi connectivity index (χ0n) is 15.3. The van der Waals surface area contributed by atoms with Crippen LogP contribution in [0.4, 0.5) is 0 Å². The first-order valence-corrected chi connectivity index (χ1v) is 8.75. The molecule has 1 fully saturated rings. The first-order valence-electron chi connectivity index (χ1n) is 8.75. The second-order valence-electron chi connectivity index (χ2n) is 6.73. The van der Waals surface area contributed by atoms with Crippen molar-refractivity contribution in [3.05, 3.63) is 29.3 Å². The number of fused-ring (bicyclic) bond motifs is 1. The van der Waals surface area contributed by atoms with Gasteiger partial charge in [-0.3, -0.25) is 19.2 Å². The highest BCUT2D eigenvalue weighted by molar-refractivity contribution is 6.62. The van der Waals surface area contributed by atoms with E-state index in [2.05, 4.69) is 5.32 Å². The van der Waals surface area contributed by atoms with E-state index in [0.717, 1.165) is 0 Å². The number of aliphatic carboxylic acids is 1. The van der Waals surface area contributed by atoms with E-state index >= 15 is 0 Å². The van der Waals surface area contributed by atoms with E-state index in [1.54, 1.807) is 7.05 Å². The van der Waals surface area contributed by atoms with E-state index in [4.69, 9.17) is 9.76 Å². The summed E-state index contributed by atoms with van der Waals surface area (Å²) in [6.07, 6.45) is -1.08. The Morgan fingerprint density at radius 1 is 1.32 bits per heavy atom. The summed E-state index contributed by atoms with van der Waals surface area (Å²) in [5.41, 5.74) is 1.05. The fraction of sp³-hybridized carbons (Fsp3) is 0.412. The van der Waals surface area contributed by atoms with E-state index in [0.29, 0.717) is 24.1 Å². The molecule has 0 bridgehead atoms. The lowest BCUT2D eigenvalue weighted by atomic mass is 9.78. The molecular weight excluding hydrogens is 369 g/mol. The number of benzene rings is 1. The van der Waals surface area contributed by atoms with Crippen molar-refractivity contribution in [3.8, 4) is 0 Å². The Bertz CT molecular complexity index is 831. The van der Waals surface area contributed by atoms with E-state index < -0.39 is 25.1 Å². The predicted molar refractivity (Wildman–Crippen MR) is 96.7 cm³/mol. The van der Waals surface area contributed by atoms with E-state index in [1.165, 1.54) is 28.0 Å². The molecule has 1 unspecified atom stereocenters. The first-order chi connectivity index (χ1) is 13.3. The molecule has 0 radical (unpaired) electrons. The number of hydrogen-bond donors (Lipinski definition) is 3. The van der Waals surface area contributed by atoms with Gasteiger partial charge in [-0.05, 0) is 23.2 Å². The van der Waals surface area contributed by atoms with Gasteiger partial charge >= 0.3 is 13.1 Å². The highest BCUT2D eigenvalue weighted by Gasteiger charge is 2.36. The molecule has 3 amide bonds. The molecule has 0 spiro atoms. The number of likely N-dealkylation sites (N-methyl/N-ethyl adjacent to an activating group) is 1. The summed E-state index contributed by atoms with van der Waals surface area (Å²) in [5.74, 6) is -2.10. The molecule has 0 aromatic heterocycles. The van der Waals surface area contributed by atoms with E-state index in [1.807, 2.05) is 0 Å². The van der Waals surface area contributed by atoms with Crippen LogP contribution in [0, 0.1) is 0 Å². The van der Waals surface area contributed by atoms with Crippen molar-refractivity contribution in [1.29, 1.82) is 0 Å². The van der Waals surface area contributed by atoms with Crippen molar-refractivity contribution in [1.82, 2.24) is 15.1 Å². The third kappa shape index (κ3) is 4.15. The van der Waals surface area contributed by atoms with Gasteiger partial charge in [-0.25, -0.2) is 0 Å². The maximum atomic E-state index is 12.3. The molecule has 0 aliphatic carbocycles. The van der Waals surface area contributed by atoms with Gasteiger partial charge in [-0.2, -0.15) is 0 Å². The number of carbonyl (C=O) groups excluding carboxylic acids is 3. The minimum absolute atomic E-state index is 0.0153. The molecule has 3 rings (SSSR count). The lowest BCUT2D eigenvalue weighted by molar-refractivity contribution is -0.143. The molecular formula is C17H20BN3O7. The molecule has 148 valence electrons. The standard InChI is InChI=1S/C17H20BN3O7/c1-20-4-5-21(9-15(20)23)14(22)8-19-17(26)10-2-3-11-12(6-10)18(27)28-13(11)7-16(24)25/h2-3,6,13,27H,4-5,7-9H2,1H3,(H,19,26)(H,24,25). The van der Waals surface area contributed by atoms with Gasteiger partial charge in [0.05, 0.1) is 25.6 Å². The Kier molecular flexibility index (Phi) is 5.66. The molecule has 28 heavy (non-hydrogen) atoms. The Hall–Kier alpha value is -2.92. The Balaban J connectivity index is 1.61. The minimum Gasteiger partial charge on any atom is -0.481 e. The molecule has 10 nitrogen and oxygen atoms in total. The zero-order chi connectivity index (χ0) is 20.4. The molecule has 1 aromatic rings. The van der Waals surface area contributed by atoms with Crippen molar-refractivity contribution >= 4 is 36.3 Å². The number of carbonyl (C=O) groups is 4. The van der Waals surface area contributed by atoms with Crippen LogP contribution in [0.5, 0.6) is 0 Å². The summed E-state index contributed by atoms with van der Waals surface area (Å²) in [6.45, 7) is 0.579. The second-order valence-corrected chi connectivity index (χ2v) is 6.73. The van der Waals surface area contributed by atoms with Gasteiger partial charge in [0, 0.05) is 25.7 Å². The van der Waals surface area contributed by atoms with Gasteiger partial charge in [0.15, 0.2) is 0 Å². The summed E-state index contributed by atoms with van der Waals surface area (Å²) in [7, 11) is 0.351. The van der Waals surface area contributed by atoms with Crippen molar-refractivity contribution in [2.24, 2.45) is 0 Å². The number of nitrogens with one attached hydrogen (secondary N) is 1. The zero-order valence-corrected chi connectivity index (χ0v) is 15.3. The van der Waals surface area contributed by atoms with Gasteiger partial charge in [-0.15, -0.1) is 0 Å². The molecule has 3 N–H and O–H groups in total. The summed E-state index contributed by atoms with van der Waals surface area (Å²) >= 11 is 0. The largest absolute Gasteiger partial charge is 0.492 e. The van der Waals surface area contributed by atoms with E-state index in [-0.39, 0.29) is 36.9 Å². The first kappa shape index (κ1) is 19.8. The fourth-order valence-electron chi connectivity index (χ4n) is 3.18. The third-order valence-corrected chi connectivity index (χ3v) is 4.83. The molecule has 2 aliphatic rings. The topological polar surface area (TPSA) is 136 Å². The van der Waals surface area contributed by atoms with Gasteiger partial charge < -0.3 is 29.9 Å². The van der Waals surface area contributed by atoms with Crippen LogP contribution in [0.1, 0.15) is 28.4 Å². The number of carboxylic acid groups (broad SMARTS) is 1. The number of piperazine rings is 1. The van der Waals surface area contributed by atoms with Crippen LogP contribution in [-0.2, 0) is 19.0 Å².